The molecule has 7 aromatic rings. The highest BCUT2D eigenvalue weighted by Crippen LogP contribution is 2.47. The molecule has 1 heteroatoms. The highest BCUT2D eigenvalue weighted by atomic mass is 15.1. The van der Waals surface area contributed by atoms with Crippen LogP contribution in [-0.2, 0) is 6.42 Å². The second-order valence-corrected chi connectivity index (χ2v) is 11.7. The highest BCUT2D eigenvalue weighted by molar-refractivity contribution is 6.04. The van der Waals surface area contributed by atoms with Crippen LogP contribution in [0.3, 0.4) is 0 Å². The van der Waals surface area contributed by atoms with Gasteiger partial charge in [-0.3, -0.25) is 0 Å². The highest BCUT2D eigenvalue weighted by Gasteiger charge is 2.27. The standard InChI is InChI=1S/C42H29N/c1-3-8-34-26-37(22-14-28(34)6-1)43(38-23-15-29-7-2-4-9-35(29)27-38)36-20-16-30(17-21-36)39-24-18-33-13-12-31-10-5-11-32-19-25-40(39)42(33)41(31)32/h1-18,20-27,39H,19H2. The zero-order chi connectivity index (χ0) is 28.3. The number of hydrogen-bond donors (Lipinski definition) is 0. The van der Waals surface area contributed by atoms with Gasteiger partial charge in [-0.15, -0.1) is 0 Å². The van der Waals surface area contributed by atoms with Crippen LogP contribution in [0.4, 0.5) is 17.1 Å². The first-order valence-electron chi connectivity index (χ1n) is 15.1. The quantitative estimate of drug-likeness (QED) is 0.212. The monoisotopic (exact) mass is 547 g/mol. The van der Waals surface area contributed by atoms with Gasteiger partial charge in [0.25, 0.3) is 0 Å². The molecule has 0 aromatic heterocycles. The number of rotatable bonds is 4. The molecular formula is C42H29N. The summed E-state index contributed by atoms with van der Waals surface area (Å²) >= 11 is 0. The molecule has 0 radical (unpaired) electrons. The molecule has 0 aliphatic heterocycles. The number of benzene rings is 7. The molecule has 1 unspecified atom stereocenters. The van der Waals surface area contributed by atoms with E-state index < -0.39 is 0 Å². The molecule has 0 saturated heterocycles. The molecule has 43 heavy (non-hydrogen) atoms. The van der Waals surface area contributed by atoms with Crippen molar-refractivity contribution in [3.05, 3.63) is 174 Å². The molecule has 7 aromatic carbocycles. The Kier molecular flexibility index (Phi) is 5.39. The molecule has 202 valence electrons. The van der Waals surface area contributed by atoms with Crippen molar-refractivity contribution in [3.63, 3.8) is 0 Å². The van der Waals surface area contributed by atoms with Crippen molar-refractivity contribution in [1.82, 2.24) is 0 Å². The Balaban J connectivity index is 1.15. The van der Waals surface area contributed by atoms with Gasteiger partial charge in [0, 0.05) is 23.0 Å². The minimum Gasteiger partial charge on any atom is -0.310 e. The Hall–Kier alpha value is -5.40. The zero-order valence-electron chi connectivity index (χ0n) is 23.7. The number of fused-ring (bicyclic) bond motifs is 2. The lowest BCUT2D eigenvalue weighted by Crippen LogP contribution is -2.12. The number of anilines is 3. The summed E-state index contributed by atoms with van der Waals surface area (Å²) < 4.78 is 0. The Bertz CT molecular complexity index is 2190. The van der Waals surface area contributed by atoms with E-state index >= 15 is 0 Å². The van der Waals surface area contributed by atoms with Gasteiger partial charge in [0.05, 0.1) is 0 Å². The van der Waals surface area contributed by atoms with E-state index in [-0.39, 0.29) is 5.92 Å². The van der Waals surface area contributed by atoms with Crippen molar-refractivity contribution in [2.45, 2.75) is 12.3 Å². The number of hydrogen-bond acceptors (Lipinski definition) is 1. The van der Waals surface area contributed by atoms with Crippen LogP contribution >= 0.6 is 0 Å². The third-order valence-electron chi connectivity index (χ3n) is 9.29. The molecule has 2 aliphatic rings. The summed E-state index contributed by atoms with van der Waals surface area (Å²) in [5, 5.41) is 7.75. The van der Waals surface area contributed by atoms with Crippen LogP contribution in [0.2, 0.25) is 0 Å². The maximum Gasteiger partial charge on any atom is 0.0468 e. The summed E-state index contributed by atoms with van der Waals surface area (Å²) in [4.78, 5) is 2.38. The van der Waals surface area contributed by atoms with Crippen LogP contribution in [0.5, 0.6) is 0 Å². The molecule has 0 saturated carbocycles. The van der Waals surface area contributed by atoms with Crippen LogP contribution in [0, 0.1) is 0 Å². The average molecular weight is 548 g/mol. The van der Waals surface area contributed by atoms with Gasteiger partial charge in [0.15, 0.2) is 0 Å². The molecule has 0 amide bonds. The van der Waals surface area contributed by atoms with Gasteiger partial charge in [-0.05, 0) is 103 Å². The Morgan fingerprint density at radius 3 is 1.81 bits per heavy atom. The summed E-state index contributed by atoms with van der Waals surface area (Å²) in [6.07, 6.45) is 8.15. The normalized spacial score (nSPS) is 15.2. The van der Waals surface area contributed by atoms with Crippen LogP contribution in [-0.4, -0.2) is 0 Å². The topological polar surface area (TPSA) is 3.24 Å². The first-order chi connectivity index (χ1) is 21.3. The van der Waals surface area contributed by atoms with Gasteiger partial charge < -0.3 is 4.90 Å². The van der Waals surface area contributed by atoms with Crippen LogP contribution in [0.1, 0.15) is 28.2 Å². The molecule has 0 heterocycles. The third-order valence-corrected chi connectivity index (χ3v) is 9.29. The van der Waals surface area contributed by atoms with Crippen molar-refractivity contribution < 1.29 is 0 Å². The molecule has 0 N–H and O–H groups in total. The summed E-state index contributed by atoms with van der Waals surface area (Å²) in [5.41, 5.74) is 10.4. The predicted molar refractivity (Wildman–Crippen MR) is 184 cm³/mol. The molecule has 2 aliphatic carbocycles. The molecule has 0 bridgehead atoms. The largest absolute Gasteiger partial charge is 0.310 e. The molecule has 1 atom stereocenters. The Morgan fingerprint density at radius 1 is 0.512 bits per heavy atom. The van der Waals surface area contributed by atoms with Crippen molar-refractivity contribution in [1.29, 1.82) is 0 Å². The first kappa shape index (κ1) is 24.2. The van der Waals surface area contributed by atoms with E-state index in [0.717, 1.165) is 23.5 Å². The van der Waals surface area contributed by atoms with Gasteiger partial charge in [0.1, 0.15) is 0 Å². The van der Waals surface area contributed by atoms with E-state index in [1.54, 1.807) is 0 Å². The Labute approximate surface area is 251 Å². The van der Waals surface area contributed by atoms with Crippen LogP contribution < -0.4 is 4.90 Å². The second kappa shape index (κ2) is 9.58. The van der Waals surface area contributed by atoms with E-state index in [4.69, 9.17) is 0 Å². The van der Waals surface area contributed by atoms with E-state index in [9.17, 15) is 0 Å². The molecule has 0 spiro atoms. The van der Waals surface area contributed by atoms with Crippen LogP contribution in [0.15, 0.2) is 152 Å². The van der Waals surface area contributed by atoms with Gasteiger partial charge in [-0.2, -0.15) is 0 Å². The summed E-state index contributed by atoms with van der Waals surface area (Å²) in [6.45, 7) is 0. The van der Waals surface area contributed by atoms with Gasteiger partial charge in [-0.1, -0.05) is 121 Å². The fourth-order valence-electron chi connectivity index (χ4n) is 7.20. The minimum atomic E-state index is 0.246. The number of nitrogens with zero attached hydrogens (tertiary/aromatic N) is 1. The van der Waals surface area contributed by atoms with Crippen molar-refractivity contribution >= 4 is 61.0 Å². The summed E-state index contributed by atoms with van der Waals surface area (Å²) in [5.74, 6) is 0.246. The van der Waals surface area contributed by atoms with Crippen LogP contribution in [0.25, 0.3) is 44.0 Å². The average Bonchev–Trinajstić information content (AvgIpc) is 3.07. The fraction of sp³-hybridized carbons (Fsp3) is 0.0476. The molecular weight excluding hydrogens is 518 g/mol. The molecule has 1 nitrogen and oxygen atoms in total. The smallest absolute Gasteiger partial charge is 0.0468 e. The number of allylic oxidation sites excluding steroid dienone is 3. The van der Waals surface area contributed by atoms with E-state index in [1.165, 1.54) is 60.1 Å². The lowest BCUT2D eigenvalue weighted by Gasteiger charge is -2.30. The van der Waals surface area contributed by atoms with Crippen molar-refractivity contribution in [2.75, 3.05) is 4.90 Å². The van der Waals surface area contributed by atoms with E-state index in [1.807, 2.05) is 0 Å². The lowest BCUT2D eigenvalue weighted by atomic mass is 9.75. The third kappa shape index (κ3) is 3.93. The predicted octanol–water partition coefficient (Wildman–Crippen LogP) is 11.4. The molecule has 0 fully saturated rings. The fourth-order valence-corrected chi connectivity index (χ4v) is 7.20. The van der Waals surface area contributed by atoms with E-state index in [0.29, 0.717) is 0 Å². The van der Waals surface area contributed by atoms with Gasteiger partial charge in [0.2, 0.25) is 0 Å². The SMILES string of the molecule is C1=CC(c2ccc(N(c3ccc4ccccc4c3)c3ccc4ccccc4c3)cc2)C2=CCc3cccc4ccc1c2c34. The van der Waals surface area contributed by atoms with Gasteiger partial charge >= 0.3 is 0 Å². The first-order valence-corrected chi connectivity index (χ1v) is 15.1. The Morgan fingerprint density at radius 2 is 1.12 bits per heavy atom. The van der Waals surface area contributed by atoms with Crippen molar-refractivity contribution in [3.8, 4) is 0 Å². The zero-order valence-corrected chi connectivity index (χ0v) is 23.7. The minimum absolute atomic E-state index is 0.246. The van der Waals surface area contributed by atoms with Crippen molar-refractivity contribution in [2.24, 2.45) is 0 Å². The van der Waals surface area contributed by atoms with E-state index in [2.05, 4.69) is 163 Å². The summed E-state index contributed by atoms with van der Waals surface area (Å²) in [7, 11) is 0. The summed E-state index contributed by atoms with van der Waals surface area (Å²) in [6, 6.07) is 51.2. The maximum atomic E-state index is 2.46. The second-order valence-electron chi connectivity index (χ2n) is 11.7. The lowest BCUT2D eigenvalue weighted by molar-refractivity contribution is 1.07. The molecule has 9 rings (SSSR count). The maximum absolute atomic E-state index is 2.46. The van der Waals surface area contributed by atoms with Gasteiger partial charge in [-0.25, -0.2) is 0 Å².